The van der Waals surface area contributed by atoms with Crippen molar-refractivity contribution in [3.8, 4) is 0 Å². The first kappa shape index (κ1) is 13.7. The number of carbonyl (C=O) groups is 1. The summed E-state index contributed by atoms with van der Waals surface area (Å²) in [6.07, 6.45) is 1.05. The van der Waals surface area contributed by atoms with Gasteiger partial charge in [-0.15, -0.1) is 11.6 Å². The molecule has 14 heavy (non-hydrogen) atoms. The number of hydrogen-bond donors (Lipinski definition) is 0. The number of nitrogens with zero attached hydrogens (tertiary/aromatic N) is 1. The zero-order valence-corrected chi connectivity index (χ0v) is 10.4. The van der Waals surface area contributed by atoms with E-state index < -0.39 is 21.0 Å². The van der Waals surface area contributed by atoms with Crippen LogP contribution < -0.4 is 0 Å². The number of hydrogen-bond acceptors (Lipinski definition) is 3. The van der Waals surface area contributed by atoms with Gasteiger partial charge in [0.2, 0.25) is 5.91 Å². The Hall–Kier alpha value is -0.290. The fourth-order valence-corrected chi connectivity index (χ4v) is 1.53. The summed E-state index contributed by atoms with van der Waals surface area (Å²) in [7, 11) is -1.77. The molecule has 0 aromatic rings. The zero-order chi connectivity index (χ0) is 11.5. The minimum Gasteiger partial charge on any atom is -0.341 e. The van der Waals surface area contributed by atoms with Gasteiger partial charge in [-0.2, -0.15) is 0 Å². The minimum absolute atomic E-state index is 0.159. The molecular formula is C8H16ClNO3S. The maximum atomic E-state index is 11.6. The van der Waals surface area contributed by atoms with Crippen LogP contribution in [0.25, 0.3) is 0 Å². The van der Waals surface area contributed by atoms with Gasteiger partial charge in [0.15, 0.2) is 9.84 Å². The molecule has 4 nitrogen and oxygen atoms in total. The third-order valence-corrected chi connectivity index (χ3v) is 4.15. The van der Waals surface area contributed by atoms with Gasteiger partial charge >= 0.3 is 0 Å². The van der Waals surface area contributed by atoms with Crippen LogP contribution in [0.3, 0.4) is 0 Å². The Kier molecular flexibility index (Phi) is 4.88. The standard InChI is InChI=1S/C8H16ClNO3S/c1-6(5-9)10(3)8(11)7(2)14(4,12)13/h6-7H,5H2,1-4H3. The number of rotatable bonds is 4. The summed E-state index contributed by atoms with van der Waals surface area (Å²) < 4.78 is 22.2. The van der Waals surface area contributed by atoms with E-state index in [2.05, 4.69) is 0 Å². The SMILES string of the molecule is CC(CCl)N(C)C(=O)C(C)S(C)(=O)=O. The molecule has 0 spiro atoms. The molecule has 0 N–H and O–H groups in total. The lowest BCUT2D eigenvalue weighted by molar-refractivity contribution is -0.130. The normalized spacial score (nSPS) is 16.1. The molecule has 0 aromatic heterocycles. The largest absolute Gasteiger partial charge is 0.341 e. The predicted molar refractivity (Wildman–Crippen MR) is 57.3 cm³/mol. The Morgan fingerprint density at radius 1 is 1.43 bits per heavy atom. The van der Waals surface area contributed by atoms with Crippen molar-refractivity contribution < 1.29 is 13.2 Å². The number of amides is 1. The van der Waals surface area contributed by atoms with Crippen LogP contribution in [0.5, 0.6) is 0 Å². The zero-order valence-electron chi connectivity index (χ0n) is 8.82. The minimum atomic E-state index is -3.32. The Bertz CT molecular complexity index is 302. The van der Waals surface area contributed by atoms with Crippen LogP contribution in [-0.4, -0.2) is 49.7 Å². The Morgan fingerprint density at radius 2 is 1.86 bits per heavy atom. The van der Waals surface area contributed by atoms with Crippen LogP contribution in [0.1, 0.15) is 13.8 Å². The third-order valence-electron chi connectivity index (χ3n) is 2.22. The van der Waals surface area contributed by atoms with Crippen molar-refractivity contribution in [1.82, 2.24) is 4.90 Å². The van der Waals surface area contributed by atoms with E-state index in [0.717, 1.165) is 6.26 Å². The first-order valence-electron chi connectivity index (χ1n) is 4.23. The Morgan fingerprint density at radius 3 is 2.14 bits per heavy atom. The predicted octanol–water partition coefficient (Wildman–Crippen LogP) is 0.505. The van der Waals surface area contributed by atoms with Crippen molar-refractivity contribution >= 4 is 27.3 Å². The fourth-order valence-electron chi connectivity index (χ4n) is 0.791. The van der Waals surface area contributed by atoms with E-state index >= 15 is 0 Å². The molecule has 2 unspecified atom stereocenters. The molecule has 6 heteroatoms. The lowest BCUT2D eigenvalue weighted by Crippen LogP contribution is -2.44. The number of alkyl halides is 1. The van der Waals surface area contributed by atoms with Gasteiger partial charge in [-0.1, -0.05) is 0 Å². The Balaban J connectivity index is 4.64. The average molecular weight is 242 g/mol. The first-order chi connectivity index (χ1) is 6.21. The first-order valence-corrected chi connectivity index (χ1v) is 6.72. The fraction of sp³-hybridized carbons (Fsp3) is 0.875. The highest BCUT2D eigenvalue weighted by molar-refractivity contribution is 7.92. The monoisotopic (exact) mass is 241 g/mol. The van der Waals surface area contributed by atoms with Crippen LogP contribution >= 0.6 is 11.6 Å². The van der Waals surface area contributed by atoms with Crippen molar-refractivity contribution in [3.63, 3.8) is 0 Å². The van der Waals surface area contributed by atoms with Crippen LogP contribution in [-0.2, 0) is 14.6 Å². The van der Waals surface area contributed by atoms with Crippen molar-refractivity contribution in [2.45, 2.75) is 25.1 Å². The van der Waals surface area contributed by atoms with Gasteiger partial charge in [0.25, 0.3) is 0 Å². The quantitative estimate of drug-likeness (QED) is 0.674. The summed E-state index contributed by atoms with van der Waals surface area (Å²) in [5.74, 6) is -0.126. The average Bonchev–Trinajstić information content (AvgIpc) is 2.11. The van der Waals surface area contributed by atoms with Crippen LogP contribution in [0.15, 0.2) is 0 Å². The van der Waals surface area contributed by atoms with Crippen LogP contribution in [0, 0.1) is 0 Å². The van der Waals surface area contributed by atoms with E-state index in [1.807, 2.05) is 0 Å². The van der Waals surface area contributed by atoms with E-state index in [0.29, 0.717) is 5.88 Å². The van der Waals surface area contributed by atoms with Crippen molar-refractivity contribution in [2.24, 2.45) is 0 Å². The number of sulfone groups is 1. The molecule has 0 aromatic carbocycles. The highest BCUT2D eigenvalue weighted by Gasteiger charge is 2.28. The maximum Gasteiger partial charge on any atom is 0.240 e. The second-order valence-corrected chi connectivity index (χ2v) is 6.10. The molecule has 0 heterocycles. The molecule has 0 aliphatic heterocycles. The van der Waals surface area contributed by atoms with E-state index in [1.165, 1.54) is 11.8 Å². The van der Waals surface area contributed by atoms with Gasteiger partial charge in [0.05, 0.1) is 0 Å². The smallest absolute Gasteiger partial charge is 0.240 e. The lowest BCUT2D eigenvalue weighted by atomic mass is 10.3. The van der Waals surface area contributed by atoms with Crippen molar-refractivity contribution in [2.75, 3.05) is 19.2 Å². The van der Waals surface area contributed by atoms with Gasteiger partial charge in [0, 0.05) is 25.2 Å². The molecule has 0 fully saturated rings. The molecule has 0 saturated carbocycles. The Labute approximate surface area is 90.1 Å². The van der Waals surface area contributed by atoms with E-state index in [1.54, 1.807) is 14.0 Å². The summed E-state index contributed by atoms with van der Waals surface area (Å²) in [5.41, 5.74) is 0. The summed E-state index contributed by atoms with van der Waals surface area (Å²) in [5, 5.41) is -1.00. The molecule has 0 rings (SSSR count). The second-order valence-electron chi connectivity index (χ2n) is 3.42. The summed E-state index contributed by atoms with van der Waals surface area (Å²) >= 11 is 5.57. The summed E-state index contributed by atoms with van der Waals surface area (Å²) in [6.45, 7) is 3.15. The highest BCUT2D eigenvalue weighted by atomic mass is 35.5. The van der Waals surface area contributed by atoms with Gasteiger partial charge in [0.1, 0.15) is 5.25 Å². The highest BCUT2D eigenvalue weighted by Crippen LogP contribution is 2.06. The third kappa shape index (κ3) is 3.46. The molecule has 0 bridgehead atoms. The van der Waals surface area contributed by atoms with Crippen LogP contribution in [0.2, 0.25) is 0 Å². The van der Waals surface area contributed by atoms with Crippen LogP contribution in [0.4, 0.5) is 0 Å². The molecular weight excluding hydrogens is 226 g/mol. The topological polar surface area (TPSA) is 54.5 Å². The molecule has 2 atom stereocenters. The molecule has 0 radical (unpaired) electrons. The molecule has 0 aliphatic rings. The molecule has 1 amide bonds. The second kappa shape index (κ2) is 4.98. The molecule has 0 aliphatic carbocycles. The lowest BCUT2D eigenvalue weighted by Gasteiger charge is -2.25. The van der Waals surface area contributed by atoms with E-state index in [9.17, 15) is 13.2 Å². The van der Waals surface area contributed by atoms with Crippen molar-refractivity contribution in [1.29, 1.82) is 0 Å². The van der Waals surface area contributed by atoms with Gasteiger partial charge in [-0.3, -0.25) is 4.79 Å². The van der Waals surface area contributed by atoms with E-state index in [-0.39, 0.29) is 6.04 Å². The number of carbonyl (C=O) groups excluding carboxylic acids is 1. The van der Waals surface area contributed by atoms with E-state index in [4.69, 9.17) is 11.6 Å². The summed E-state index contributed by atoms with van der Waals surface area (Å²) in [4.78, 5) is 12.9. The summed E-state index contributed by atoms with van der Waals surface area (Å²) in [6, 6.07) is -0.159. The van der Waals surface area contributed by atoms with Crippen molar-refractivity contribution in [3.05, 3.63) is 0 Å². The van der Waals surface area contributed by atoms with Gasteiger partial charge in [-0.05, 0) is 13.8 Å². The van der Waals surface area contributed by atoms with Gasteiger partial charge in [-0.25, -0.2) is 8.42 Å². The number of halogens is 1. The maximum absolute atomic E-state index is 11.6. The molecule has 84 valence electrons. The molecule has 0 saturated heterocycles. The van der Waals surface area contributed by atoms with Gasteiger partial charge < -0.3 is 4.90 Å².